The van der Waals surface area contributed by atoms with Gasteiger partial charge in [0.1, 0.15) is 6.04 Å². The van der Waals surface area contributed by atoms with Gasteiger partial charge in [-0.15, -0.1) is 0 Å². The number of hydrogen-bond acceptors (Lipinski definition) is 4. The molecule has 2 fully saturated rings. The van der Waals surface area contributed by atoms with Gasteiger partial charge in [-0.2, -0.15) is 0 Å². The van der Waals surface area contributed by atoms with E-state index in [0.29, 0.717) is 24.4 Å². The van der Waals surface area contributed by atoms with Crippen molar-refractivity contribution in [3.8, 4) is 11.5 Å². The molecule has 3 aliphatic rings. The Morgan fingerprint density at radius 1 is 1.07 bits per heavy atom. The van der Waals surface area contributed by atoms with Gasteiger partial charge in [0.05, 0.1) is 0 Å². The number of carbonyl (C=O) groups is 2. The van der Waals surface area contributed by atoms with E-state index in [0.717, 1.165) is 37.9 Å². The summed E-state index contributed by atoms with van der Waals surface area (Å²) in [4.78, 5) is 27.3. The maximum atomic E-state index is 12.9. The average molecular weight is 386 g/mol. The monoisotopic (exact) mass is 386 g/mol. The van der Waals surface area contributed by atoms with Crippen LogP contribution in [0.15, 0.2) is 18.2 Å². The average Bonchev–Trinajstić information content (AvgIpc) is 3.25. The van der Waals surface area contributed by atoms with Gasteiger partial charge < -0.3 is 19.7 Å². The largest absolute Gasteiger partial charge is 0.448 e. The molecule has 6 heteroatoms. The van der Waals surface area contributed by atoms with Crippen LogP contribution in [0.1, 0.15) is 65.7 Å². The molecule has 0 aromatic heterocycles. The van der Waals surface area contributed by atoms with Crippen LogP contribution in [0.3, 0.4) is 0 Å². The molecule has 2 aliphatic heterocycles. The Morgan fingerprint density at radius 2 is 1.79 bits per heavy atom. The number of hydrogen-bond donors (Lipinski definition) is 1. The Morgan fingerprint density at radius 3 is 2.50 bits per heavy atom. The molecule has 1 aliphatic carbocycles. The van der Waals surface area contributed by atoms with Crippen LogP contribution in [0.2, 0.25) is 0 Å². The highest BCUT2D eigenvalue weighted by atomic mass is 16.7. The van der Waals surface area contributed by atoms with Gasteiger partial charge in [-0.1, -0.05) is 27.2 Å². The minimum atomic E-state index is -0.523. The first-order chi connectivity index (χ1) is 13.3. The standard InChI is InChI=1S/C22H30N2O4/c1-21(2,3)20(26)24-13-7-8-16(24)19(25)23-15-9-10-17-18(14-15)28-22(27-17)11-5-4-6-12-22/h9-10,14,16H,4-8,11-13H2,1-3H3,(H,23,25). The number of carbonyl (C=O) groups excluding carboxylic acids is 2. The van der Waals surface area contributed by atoms with Crippen molar-refractivity contribution in [3.63, 3.8) is 0 Å². The van der Waals surface area contributed by atoms with Crippen LogP contribution < -0.4 is 14.8 Å². The van der Waals surface area contributed by atoms with Gasteiger partial charge in [0.15, 0.2) is 11.5 Å². The minimum Gasteiger partial charge on any atom is -0.448 e. The molecule has 1 aromatic rings. The number of nitrogens with one attached hydrogen (secondary N) is 1. The maximum Gasteiger partial charge on any atom is 0.251 e. The molecule has 1 saturated heterocycles. The summed E-state index contributed by atoms with van der Waals surface area (Å²) in [6, 6.07) is 5.12. The van der Waals surface area contributed by atoms with Crippen LogP contribution >= 0.6 is 0 Å². The quantitative estimate of drug-likeness (QED) is 0.831. The Bertz CT molecular complexity index is 777. The second kappa shape index (κ2) is 6.98. The Balaban J connectivity index is 1.45. The summed E-state index contributed by atoms with van der Waals surface area (Å²) in [6.07, 6.45) is 6.78. The molecule has 2 heterocycles. The number of likely N-dealkylation sites (tertiary alicyclic amines) is 1. The molecule has 4 rings (SSSR count). The predicted octanol–water partition coefficient (Wildman–Crippen LogP) is 4.09. The van der Waals surface area contributed by atoms with Crippen LogP contribution in [0.5, 0.6) is 11.5 Å². The van der Waals surface area contributed by atoms with Crippen LogP contribution in [-0.2, 0) is 9.59 Å². The molecular formula is C22H30N2O4. The number of benzene rings is 1. The van der Waals surface area contributed by atoms with Crippen molar-refractivity contribution in [3.05, 3.63) is 18.2 Å². The Kier molecular flexibility index (Phi) is 4.76. The molecule has 0 radical (unpaired) electrons. The van der Waals surface area contributed by atoms with Gasteiger partial charge in [-0.3, -0.25) is 9.59 Å². The molecule has 152 valence electrons. The van der Waals surface area contributed by atoms with E-state index in [1.165, 1.54) is 6.42 Å². The smallest absolute Gasteiger partial charge is 0.251 e. The first-order valence-corrected chi connectivity index (χ1v) is 10.4. The zero-order valence-electron chi connectivity index (χ0n) is 17.0. The summed E-state index contributed by atoms with van der Waals surface area (Å²) < 4.78 is 12.2. The van der Waals surface area contributed by atoms with Gasteiger partial charge in [-0.05, 0) is 37.8 Å². The van der Waals surface area contributed by atoms with Crippen LogP contribution in [0, 0.1) is 5.41 Å². The summed E-state index contributed by atoms with van der Waals surface area (Å²) in [5.41, 5.74) is 0.186. The number of rotatable bonds is 2. The van der Waals surface area contributed by atoms with Gasteiger partial charge in [-0.25, -0.2) is 0 Å². The van der Waals surface area contributed by atoms with Crippen molar-refractivity contribution in [2.24, 2.45) is 5.41 Å². The molecule has 1 unspecified atom stereocenters. The third-order valence-corrected chi connectivity index (χ3v) is 5.88. The number of fused-ring (bicyclic) bond motifs is 1. The van der Waals surface area contributed by atoms with Crippen LogP contribution in [0.4, 0.5) is 5.69 Å². The van der Waals surface area contributed by atoms with E-state index >= 15 is 0 Å². The van der Waals surface area contributed by atoms with Crippen LogP contribution in [-0.4, -0.2) is 35.1 Å². The van der Waals surface area contributed by atoms with E-state index < -0.39 is 17.2 Å². The highest BCUT2D eigenvalue weighted by Crippen LogP contribution is 2.46. The zero-order valence-corrected chi connectivity index (χ0v) is 17.0. The minimum absolute atomic E-state index is 0.0232. The molecule has 28 heavy (non-hydrogen) atoms. The Labute approximate surface area is 166 Å². The molecule has 1 N–H and O–H groups in total. The summed E-state index contributed by atoms with van der Waals surface area (Å²) in [7, 11) is 0. The van der Waals surface area contributed by atoms with Gasteiger partial charge >= 0.3 is 0 Å². The molecular weight excluding hydrogens is 356 g/mol. The lowest BCUT2D eigenvalue weighted by atomic mass is 9.94. The van der Waals surface area contributed by atoms with Crippen LogP contribution in [0.25, 0.3) is 0 Å². The van der Waals surface area contributed by atoms with Crippen molar-refractivity contribution >= 4 is 17.5 Å². The lowest BCUT2D eigenvalue weighted by molar-refractivity contribution is -0.143. The molecule has 1 atom stereocenters. The number of anilines is 1. The Hall–Kier alpha value is -2.24. The second-order valence-electron chi connectivity index (χ2n) is 9.23. The number of ether oxygens (including phenoxy) is 2. The van der Waals surface area contributed by atoms with E-state index in [1.54, 1.807) is 4.90 Å². The summed E-state index contributed by atoms with van der Waals surface area (Å²) >= 11 is 0. The first-order valence-electron chi connectivity index (χ1n) is 10.4. The van der Waals surface area contributed by atoms with E-state index in [4.69, 9.17) is 9.47 Å². The lowest BCUT2D eigenvalue weighted by Gasteiger charge is -2.31. The van der Waals surface area contributed by atoms with Crippen molar-refractivity contribution in [2.45, 2.75) is 77.5 Å². The first kappa shape index (κ1) is 19.1. The highest BCUT2D eigenvalue weighted by molar-refractivity contribution is 5.98. The molecule has 6 nitrogen and oxygen atoms in total. The van der Waals surface area contributed by atoms with Crippen molar-refractivity contribution in [2.75, 3.05) is 11.9 Å². The zero-order chi connectivity index (χ0) is 19.9. The molecule has 1 spiro atoms. The molecule has 2 amide bonds. The van der Waals surface area contributed by atoms with Gasteiger partial charge in [0.25, 0.3) is 5.79 Å². The molecule has 1 aromatic carbocycles. The van der Waals surface area contributed by atoms with Crippen molar-refractivity contribution in [1.82, 2.24) is 4.90 Å². The van der Waals surface area contributed by atoms with Gasteiger partial charge in [0.2, 0.25) is 11.8 Å². The number of nitrogens with zero attached hydrogens (tertiary/aromatic N) is 1. The van der Waals surface area contributed by atoms with E-state index in [-0.39, 0.29) is 11.8 Å². The summed E-state index contributed by atoms with van der Waals surface area (Å²) in [5.74, 6) is 0.792. The van der Waals surface area contributed by atoms with Crippen molar-refractivity contribution < 1.29 is 19.1 Å². The fourth-order valence-corrected chi connectivity index (χ4v) is 4.40. The maximum absolute atomic E-state index is 12.9. The topological polar surface area (TPSA) is 67.9 Å². The molecule has 1 saturated carbocycles. The van der Waals surface area contributed by atoms with E-state index in [2.05, 4.69) is 5.32 Å². The highest BCUT2D eigenvalue weighted by Gasteiger charge is 2.43. The fraction of sp³-hybridized carbons (Fsp3) is 0.636. The number of amides is 2. The lowest BCUT2D eigenvalue weighted by Crippen LogP contribution is -2.47. The van der Waals surface area contributed by atoms with E-state index in [1.807, 2.05) is 39.0 Å². The third-order valence-electron chi connectivity index (χ3n) is 5.88. The predicted molar refractivity (Wildman–Crippen MR) is 106 cm³/mol. The van der Waals surface area contributed by atoms with Crippen molar-refractivity contribution in [1.29, 1.82) is 0 Å². The van der Waals surface area contributed by atoms with E-state index in [9.17, 15) is 9.59 Å². The fourth-order valence-electron chi connectivity index (χ4n) is 4.40. The third kappa shape index (κ3) is 3.56. The second-order valence-corrected chi connectivity index (χ2v) is 9.23. The SMILES string of the molecule is CC(C)(C)C(=O)N1CCCC1C(=O)Nc1ccc2c(c1)OC1(CCCCC1)O2. The normalized spacial score (nSPS) is 23.1. The molecule has 0 bridgehead atoms. The van der Waals surface area contributed by atoms with Gasteiger partial charge in [0, 0.05) is 36.6 Å². The summed E-state index contributed by atoms with van der Waals surface area (Å²) in [6.45, 7) is 6.31. The summed E-state index contributed by atoms with van der Waals surface area (Å²) in [5, 5.41) is 2.97.